The molecule has 0 bridgehead atoms. The van der Waals surface area contributed by atoms with Crippen molar-refractivity contribution in [3.63, 3.8) is 0 Å². The summed E-state index contributed by atoms with van der Waals surface area (Å²) in [6, 6.07) is 14.0. The first-order valence-corrected chi connectivity index (χ1v) is 7.62. The normalized spacial score (nSPS) is 12.2. The van der Waals surface area contributed by atoms with E-state index in [2.05, 4.69) is 17.4 Å². The van der Waals surface area contributed by atoms with Crippen molar-refractivity contribution in [1.82, 2.24) is 5.32 Å². The van der Waals surface area contributed by atoms with Gasteiger partial charge in [0.05, 0.1) is 7.11 Å². The van der Waals surface area contributed by atoms with Crippen LogP contribution >= 0.6 is 23.2 Å². The Morgan fingerprint density at radius 1 is 1.05 bits per heavy atom. The van der Waals surface area contributed by atoms with Crippen molar-refractivity contribution in [1.29, 1.82) is 0 Å². The molecule has 0 heterocycles. The number of benzene rings is 2. The van der Waals surface area contributed by atoms with Gasteiger partial charge in [0, 0.05) is 16.1 Å². The van der Waals surface area contributed by atoms with E-state index in [1.165, 1.54) is 5.56 Å². The molecule has 2 aromatic carbocycles. The second kappa shape index (κ2) is 7.69. The van der Waals surface area contributed by atoms with E-state index in [1.54, 1.807) is 7.11 Å². The van der Waals surface area contributed by atoms with E-state index in [0.29, 0.717) is 10.0 Å². The van der Waals surface area contributed by atoms with Crippen molar-refractivity contribution in [2.45, 2.75) is 18.9 Å². The summed E-state index contributed by atoms with van der Waals surface area (Å²) in [6.07, 6.45) is 1.67. The quantitative estimate of drug-likeness (QED) is 0.852. The van der Waals surface area contributed by atoms with E-state index < -0.39 is 0 Å². The molecule has 1 atom stereocenters. The maximum absolute atomic E-state index is 6.25. The lowest BCUT2D eigenvalue weighted by molar-refractivity contribution is 0.414. The Balaban J connectivity index is 2.13. The molecule has 112 valence electrons. The van der Waals surface area contributed by atoms with E-state index in [-0.39, 0.29) is 6.04 Å². The Morgan fingerprint density at radius 2 is 1.71 bits per heavy atom. The summed E-state index contributed by atoms with van der Waals surface area (Å²) in [4.78, 5) is 0. The minimum Gasteiger partial charge on any atom is -0.497 e. The summed E-state index contributed by atoms with van der Waals surface area (Å²) in [5, 5.41) is 4.77. The van der Waals surface area contributed by atoms with Crippen molar-refractivity contribution in [3.8, 4) is 5.75 Å². The lowest BCUT2D eigenvalue weighted by Gasteiger charge is -2.18. The number of methoxy groups -OCH3 is 1. The van der Waals surface area contributed by atoms with Crippen LogP contribution < -0.4 is 10.1 Å². The van der Waals surface area contributed by atoms with Crippen molar-refractivity contribution in [2.75, 3.05) is 14.2 Å². The predicted molar refractivity (Wildman–Crippen MR) is 89.7 cm³/mol. The zero-order valence-electron chi connectivity index (χ0n) is 12.2. The minimum absolute atomic E-state index is 0.259. The van der Waals surface area contributed by atoms with Crippen molar-refractivity contribution < 1.29 is 4.74 Å². The number of hydrogen-bond donors (Lipinski definition) is 1. The molecule has 4 heteroatoms. The van der Waals surface area contributed by atoms with Gasteiger partial charge in [-0.3, -0.25) is 0 Å². The summed E-state index contributed by atoms with van der Waals surface area (Å²) in [7, 11) is 3.63. The molecule has 0 aliphatic heterocycles. The molecule has 0 radical (unpaired) electrons. The van der Waals surface area contributed by atoms with Crippen molar-refractivity contribution >= 4 is 23.2 Å². The first kappa shape index (κ1) is 16.2. The fourth-order valence-electron chi connectivity index (χ4n) is 2.33. The van der Waals surface area contributed by atoms with Gasteiger partial charge in [0.15, 0.2) is 0 Å². The number of halogens is 2. The van der Waals surface area contributed by atoms with E-state index >= 15 is 0 Å². The molecule has 2 nitrogen and oxygen atoms in total. The molecule has 0 saturated heterocycles. The summed E-state index contributed by atoms with van der Waals surface area (Å²) >= 11 is 12.5. The first-order valence-electron chi connectivity index (χ1n) is 6.87. The monoisotopic (exact) mass is 323 g/mol. The smallest absolute Gasteiger partial charge is 0.119 e. The van der Waals surface area contributed by atoms with Gasteiger partial charge < -0.3 is 10.1 Å². The van der Waals surface area contributed by atoms with E-state index in [1.807, 2.05) is 37.4 Å². The highest BCUT2D eigenvalue weighted by atomic mass is 35.5. The highest BCUT2D eigenvalue weighted by Gasteiger charge is 2.13. The van der Waals surface area contributed by atoms with Gasteiger partial charge in [0.2, 0.25) is 0 Å². The average molecular weight is 324 g/mol. The Kier molecular flexibility index (Phi) is 5.92. The van der Waals surface area contributed by atoms with E-state index in [4.69, 9.17) is 27.9 Å². The molecule has 0 aliphatic rings. The maximum atomic E-state index is 6.25. The van der Waals surface area contributed by atoms with Gasteiger partial charge in [0.25, 0.3) is 0 Å². The summed E-state index contributed by atoms with van der Waals surface area (Å²) in [5.41, 5.74) is 2.21. The largest absolute Gasteiger partial charge is 0.497 e. The SMILES string of the molecule is CNC(Cc1cccc(OC)c1)Cc1c(Cl)cccc1Cl. The molecule has 0 aliphatic carbocycles. The molecule has 0 saturated carbocycles. The molecular formula is C17H19Cl2NO. The van der Waals surface area contributed by atoms with Gasteiger partial charge >= 0.3 is 0 Å². The third-order valence-electron chi connectivity index (χ3n) is 3.54. The van der Waals surface area contributed by atoms with Crippen LogP contribution in [0.4, 0.5) is 0 Å². The molecule has 1 unspecified atom stereocenters. The summed E-state index contributed by atoms with van der Waals surface area (Å²) in [6.45, 7) is 0. The van der Waals surface area contributed by atoms with Gasteiger partial charge in [-0.1, -0.05) is 41.4 Å². The van der Waals surface area contributed by atoms with Gasteiger partial charge in [0.1, 0.15) is 5.75 Å². The van der Waals surface area contributed by atoms with Gasteiger partial charge in [-0.05, 0) is 55.3 Å². The second-order valence-corrected chi connectivity index (χ2v) is 5.76. The number of ether oxygens (including phenoxy) is 1. The highest BCUT2D eigenvalue weighted by Crippen LogP contribution is 2.26. The Morgan fingerprint density at radius 3 is 2.33 bits per heavy atom. The van der Waals surface area contributed by atoms with E-state index in [0.717, 1.165) is 24.2 Å². The molecular weight excluding hydrogens is 305 g/mol. The Labute approximate surface area is 136 Å². The van der Waals surface area contributed by atoms with Crippen LogP contribution in [0.15, 0.2) is 42.5 Å². The fourth-order valence-corrected chi connectivity index (χ4v) is 2.89. The third-order valence-corrected chi connectivity index (χ3v) is 4.24. The summed E-state index contributed by atoms with van der Waals surface area (Å²) < 4.78 is 5.26. The van der Waals surface area contributed by atoms with Gasteiger partial charge in [-0.15, -0.1) is 0 Å². The molecule has 0 aromatic heterocycles. The van der Waals surface area contributed by atoms with E-state index in [9.17, 15) is 0 Å². The lowest BCUT2D eigenvalue weighted by Crippen LogP contribution is -2.30. The molecule has 2 aromatic rings. The highest BCUT2D eigenvalue weighted by molar-refractivity contribution is 6.36. The van der Waals surface area contributed by atoms with Crippen molar-refractivity contribution in [2.24, 2.45) is 0 Å². The zero-order chi connectivity index (χ0) is 15.2. The minimum atomic E-state index is 0.259. The molecule has 0 fully saturated rings. The Bertz CT molecular complexity index is 581. The van der Waals surface area contributed by atoms with Crippen molar-refractivity contribution in [3.05, 3.63) is 63.6 Å². The van der Waals surface area contributed by atoms with Crippen LogP contribution in [0.25, 0.3) is 0 Å². The lowest BCUT2D eigenvalue weighted by atomic mass is 9.99. The number of rotatable bonds is 6. The van der Waals surface area contributed by atoms with Crippen LogP contribution in [0.3, 0.4) is 0 Å². The molecule has 0 amide bonds. The average Bonchev–Trinajstić information content (AvgIpc) is 2.50. The van der Waals surface area contributed by atoms with Crippen LogP contribution in [0, 0.1) is 0 Å². The molecule has 2 rings (SSSR count). The Hall–Kier alpha value is -1.22. The zero-order valence-corrected chi connectivity index (χ0v) is 13.7. The van der Waals surface area contributed by atoms with Gasteiger partial charge in [-0.2, -0.15) is 0 Å². The topological polar surface area (TPSA) is 21.3 Å². The maximum Gasteiger partial charge on any atom is 0.119 e. The van der Waals surface area contributed by atoms with Gasteiger partial charge in [-0.25, -0.2) is 0 Å². The fraction of sp³-hybridized carbons (Fsp3) is 0.294. The number of nitrogens with one attached hydrogen (secondary N) is 1. The molecule has 0 spiro atoms. The summed E-state index contributed by atoms with van der Waals surface area (Å²) in [5.74, 6) is 0.873. The molecule has 21 heavy (non-hydrogen) atoms. The molecule has 1 N–H and O–H groups in total. The van der Waals surface area contributed by atoms with Crippen LogP contribution in [0.2, 0.25) is 10.0 Å². The standard InChI is InChI=1S/C17H19Cl2NO/c1-20-13(9-12-5-3-6-14(10-12)21-2)11-15-16(18)7-4-8-17(15)19/h3-8,10,13,20H,9,11H2,1-2H3. The second-order valence-electron chi connectivity index (χ2n) is 4.95. The third kappa shape index (κ3) is 4.37. The predicted octanol–water partition coefficient (Wildman–Crippen LogP) is 4.38. The van der Waals surface area contributed by atoms with Crippen LogP contribution in [-0.4, -0.2) is 20.2 Å². The van der Waals surface area contributed by atoms with Crippen LogP contribution in [0.1, 0.15) is 11.1 Å². The van der Waals surface area contributed by atoms with Crippen LogP contribution in [0.5, 0.6) is 5.75 Å². The number of likely N-dealkylation sites (N-methyl/N-ethyl adjacent to an activating group) is 1. The van der Waals surface area contributed by atoms with Crippen LogP contribution in [-0.2, 0) is 12.8 Å². The first-order chi connectivity index (χ1) is 10.1. The number of hydrogen-bond acceptors (Lipinski definition) is 2.